The number of nitrogens with one attached hydrogen (secondary N) is 1. The molecule has 2 rings (SSSR count). The predicted molar refractivity (Wildman–Crippen MR) is 115 cm³/mol. The minimum atomic E-state index is 0. The Morgan fingerprint density at radius 3 is 3.00 bits per heavy atom. The van der Waals surface area contributed by atoms with E-state index >= 15 is 0 Å². The first-order chi connectivity index (χ1) is 11.2. The number of hydrogen-bond acceptors (Lipinski definition) is 3. The molecule has 0 spiro atoms. The van der Waals surface area contributed by atoms with Gasteiger partial charge < -0.3 is 15.0 Å². The second-order valence-electron chi connectivity index (χ2n) is 6.34. The molecule has 1 saturated heterocycles. The highest BCUT2D eigenvalue weighted by Gasteiger charge is 2.24. The highest BCUT2D eigenvalue weighted by atomic mass is 127. The van der Waals surface area contributed by atoms with Crippen molar-refractivity contribution in [2.75, 3.05) is 39.4 Å². The Kier molecular flexibility index (Phi) is 10.9. The highest BCUT2D eigenvalue weighted by Crippen LogP contribution is 2.18. The molecule has 1 fully saturated rings. The van der Waals surface area contributed by atoms with E-state index in [2.05, 4.69) is 48.5 Å². The minimum absolute atomic E-state index is 0. The van der Waals surface area contributed by atoms with Crippen molar-refractivity contribution in [3.63, 3.8) is 0 Å². The number of halogens is 1. The fourth-order valence-electron chi connectivity index (χ4n) is 2.95. The van der Waals surface area contributed by atoms with E-state index in [1.807, 2.05) is 11.3 Å². The number of ether oxygens (including phenoxy) is 1. The summed E-state index contributed by atoms with van der Waals surface area (Å²) in [4.78, 5) is 8.73. The maximum absolute atomic E-state index is 5.58. The molecule has 0 aliphatic carbocycles. The Bertz CT molecular complexity index is 467. The number of aliphatic imine (C=N–C) groups is 1. The van der Waals surface area contributed by atoms with Gasteiger partial charge in [-0.2, -0.15) is 0 Å². The van der Waals surface area contributed by atoms with E-state index in [1.165, 1.54) is 11.3 Å². The zero-order valence-electron chi connectivity index (χ0n) is 15.2. The molecule has 1 aromatic heterocycles. The maximum Gasteiger partial charge on any atom is 0.193 e. The molecule has 0 bridgehead atoms. The predicted octanol–water partition coefficient (Wildman–Crippen LogP) is 3.87. The van der Waals surface area contributed by atoms with Crippen molar-refractivity contribution >= 4 is 41.3 Å². The van der Waals surface area contributed by atoms with Crippen LogP contribution in [0.3, 0.4) is 0 Å². The molecule has 0 radical (unpaired) electrons. The first-order valence-electron chi connectivity index (χ1n) is 8.86. The summed E-state index contributed by atoms with van der Waals surface area (Å²) in [6.45, 7) is 12.1. The number of rotatable bonds is 8. The third-order valence-electron chi connectivity index (χ3n) is 4.16. The van der Waals surface area contributed by atoms with E-state index in [0.717, 1.165) is 51.8 Å². The molecule has 0 saturated carbocycles. The number of guanidine groups is 1. The van der Waals surface area contributed by atoms with Crippen molar-refractivity contribution in [3.05, 3.63) is 22.4 Å². The molecule has 2 heterocycles. The third-order valence-corrected chi connectivity index (χ3v) is 5.06. The van der Waals surface area contributed by atoms with Crippen LogP contribution in [0.5, 0.6) is 0 Å². The molecular weight excluding hydrogens is 433 g/mol. The minimum Gasteiger partial charge on any atom is -0.381 e. The zero-order valence-corrected chi connectivity index (χ0v) is 18.3. The Hall–Kier alpha value is -0.340. The summed E-state index contributed by atoms with van der Waals surface area (Å²) in [7, 11) is 0. The number of thiophene rings is 1. The molecule has 0 amide bonds. The Morgan fingerprint density at radius 2 is 2.33 bits per heavy atom. The lowest BCUT2D eigenvalue weighted by molar-refractivity contribution is 0.114. The second kappa shape index (κ2) is 12.1. The molecule has 138 valence electrons. The van der Waals surface area contributed by atoms with E-state index < -0.39 is 0 Å². The molecule has 1 N–H and O–H groups in total. The highest BCUT2D eigenvalue weighted by molar-refractivity contribution is 14.0. The number of nitrogens with zero attached hydrogens (tertiary/aromatic N) is 2. The van der Waals surface area contributed by atoms with Gasteiger partial charge in [0.25, 0.3) is 0 Å². The van der Waals surface area contributed by atoms with Crippen LogP contribution < -0.4 is 5.32 Å². The van der Waals surface area contributed by atoms with E-state index in [0.29, 0.717) is 11.8 Å². The lowest BCUT2D eigenvalue weighted by Gasteiger charge is -2.22. The summed E-state index contributed by atoms with van der Waals surface area (Å²) in [5.74, 6) is 2.29. The van der Waals surface area contributed by atoms with Gasteiger partial charge in [-0.25, -0.2) is 0 Å². The van der Waals surface area contributed by atoms with Crippen molar-refractivity contribution in [3.8, 4) is 0 Å². The van der Waals surface area contributed by atoms with Crippen LogP contribution in [0.2, 0.25) is 0 Å². The van der Waals surface area contributed by atoms with Crippen LogP contribution in [-0.4, -0.2) is 50.3 Å². The smallest absolute Gasteiger partial charge is 0.193 e. The lowest BCUT2D eigenvalue weighted by Crippen LogP contribution is -2.40. The van der Waals surface area contributed by atoms with Crippen molar-refractivity contribution < 1.29 is 4.74 Å². The zero-order chi connectivity index (χ0) is 16.5. The van der Waals surface area contributed by atoms with Gasteiger partial charge in [-0.1, -0.05) is 13.0 Å². The van der Waals surface area contributed by atoms with Crippen molar-refractivity contribution in [2.24, 2.45) is 16.8 Å². The van der Waals surface area contributed by atoms with Gasteiger partial charge in [-0.15, -0.1) is 35.3 Å². The third kappa shape index (κ3) is 7.27. The second-order valence-corrected chi connectivity index (χ2v) is 7.38. The SMILES string of the molecule is CCNC(=NCC(C)Cc1cccs1)N1CCC(COCC)C1.I. The molecule has 6 heteroatoms. The molecule has 24 heavy (non-hydrogen) atoms. The van der Waals surface area contributed by atoms with E-state index in [9.17, 15) is 0 Å². The molecule has 0 aromatic carbocycles. The fourth-order valence-corrected chi connectivity index (χ4v) is 3.82. The molecule has 1 aliphatic rings. The molecule has 1 aromatic rings. The first-order valence-corrected chi connectivity index (χ1v) is 9.74. The standard InChI is InChI=1S/C18H31N3OS.HI/c1-4-19-18(21-9-8-16(13-21)14-22-5-2)20-12-15(3)11-17-7-6-10-23-17;/h6-7,10,15-16H,4-5,8-9,11-14H2,1-3H3,(H,19,20);1H. The maximum atomic E-state index is 5.58. The van der Waals surface area contributed by atoms with Crippen LogP contribution in [0, 0.1) is 11.8 Å². The Morgan fingerprint density at radius 1 is 1.50 bits per heavy atom. The van der Waals surface area contributed by atoms with Gasteiger partial charge in [-0.05, 0) is 44.1 Å². The summed E-state index contributed by atoms with van der Waals surface area (Å²) >= 11 is 1.84. The van der Waals surface area contributed by atoms with Crippen LogP contribution in [0.25, 0.3) is 0 Å². The first kappa shape index (κ1) is 21.7. The van der Waals surface area contributed by atoms with Crippen molar-refractivity contribution in [1.29, 1.82) is 0 Å². The summed E-state index contributed by atoms with van der Waals surface area (Å²) < 4.78 is 5.58. The van der Waals surface area contributed by atoms with Gasteiger partial charge in [0.15, 0.2) is 5.96 Å². The summed E-state index contributed by atoms with van der Waals surface area (Å²) in [6, 6.07) is 4.34. The van der Waals surface area contributed by atoms with E-state index in [1.54, 1.807) is 0 Å². The fraction of sp³-hybridized carbons (Fsp3) is 0.722. The summed E-state index contributed by atoms with van der Waals surface area (Å²) in [6.07, 6.45) is 2.32. The molecule has 4 nitrogen and oxygen atoms in total. The summed E-state index contributed by atoms with van der Waals surface area (Å²) in [5, 5.41) is 5.60. The average molecular weight is 465 g/mol. The van der Waals surface area contributed by atoms with Crippen molar-refractivity contribution in [1.82, 2.24) is 10.2 Å². The lowest BCUT2D eigenvalue weighted by atomic mass is 10.1. The molecule has 1 aliphatic heterocycles. The topological polar surface area (TPSA) is 36.9 Å². The average Bonchev–Trinajstić information content (AvgIpc) is 3.21. The molecular formula is C18H32IN3OS. The van der Waals surface area contributed by atoms with Crippen LogP contribution in [0.1, 0.15) is 32.1 Å². The van der Waals surface area contributed by atoms with Crippen molar-refractivity contribution in [2.45, 2.75) is 33.6 Å². The van der Waals surface area contributed by atoms with E-state index in [-0.39, 0.29) is 24.0 Å². The largest absolute Gasteiger partial charge is 0.381 e. The number of hydrogen-bond donors (Lipinski definition) is 1. The van der Waals surface area contributed by atoms with Crippen LogP contribution in [0.4, 0.5) is 0 Å². The Labute approximate surface area is 168 Å². The van der Waals surface area contributed by atoms with Gasteiger partial charge in [0, 0.05) is 43.6 Å². The van der Waals surface area contributed by atoms with E-state index in [4.69, 9.17) is 9.73 Å². The monoisotopic (exact) mass is 465 g/mol. The van der Waals surface area contributed by atoms with Gasteiger partial charge >= 0.3 is 0 Å². The van der Waals surface area contributed by atoms with Gasteiger partial charge in [0.05, 0.1) is 6.61 Å². The Balaban J connectivity index is 0.00000288. The van der Waals surface area contributed by atoms with Gasteiger partial charge in [0.2, 0.25) is 0 Å². The van der Waals surface area contributed by atoms with Gasteiger partial charge in [0.1, 0.15) is 0 Å². The van der Waals surface area contributed by atoms with Crippen LogP contribution in [0.15, 0.2) is 22.5 Å². The normalized spacial score (nSPS) is 19.2. The quantitative estimate of drug-likeness (QED) is 0.360. The van der Waals surface area contributed by atoms with Crippen LogP contribution in [-0.2, 0) is 11.2 Å². The molecule has 2 atom stereocenters. The van der Waals surface area contributed by atoms with Crippen LogP contribution >= 0.6 is 35.3 Å². The molecule has 2 unspecified atom stereocenters. The van der Waals surface area contributed by atoms with Gasteiger partial charge in [-0.3, -0.25) is 4.99 Å². The summed E-state index contributed by atoms with van der Waals surface area (Å²) in [5.41, 5.74) is 0. The number of likely N-dealkylation sites (tertiary alicyclic amines) is 1.